The van der Waals surface area contributed by atoms with E-state index in [9.17, 15) is 9.59 Å². The second kappa shape index (κ2) is 4.26. The molecule has 1 atom stereocenters. The molecule has 1 aliphatic carbocycles. The molecule has 19 heavy (non-hydrogen) atoms. The highest BCUT2D eigenvalue weighted by Crippen LogP contribution is 2.35. The smallest absolute Gasteiger partial charge is 0.322 e. The molecule has 1 fully saturated rings. The molecular formula is C14H16N2O3. The average Bonchev–Trinajstić information content (AvgIpc) is 2.64. The Morgan fingerprint density at radius 2 is 2.21 bits per heavy atom. The standard InChI is InChI=1S/C14H16N2O3/c1-2-19-11-5-3-4-9-8-14(7-6-10(9)11)12(17)15-13(18)16-14/h3-5H,2,6-8H2,1H3,(H2,15,16,17,18). The predicted molar refractivity (Wildman–Crippen MR) is 69.0 cm³/mol. The van der Waals surface area contributed by atoms with Gasteiger partial charge in [0.2, 0.25) is 0 Å². The van der Waals surface area contributed by atoms with E-state index in [4.69, 9.17) is 4.74 Å². The summed E-state index contributed by atoms with van der Waals surface area (Å²) < 4.78 is 5.62. The van der Waals surface area contributed by atoms with Gasteiger partial charge in [0.25, 0.3) is 5.91 Å². The molecule has 3 rings (SSSR count). The van der Waals surface area contributed by atoms with Gasteiger partial charge in [0.1, 0.15) is 11.3 Å². The van der Waals surface area contributed by atoms with Crippen LogP contribution in [-0.4, -0.2) is 24.1 Å². The molecule has 5 heteroatoms. The van der Waals surface area contributed by atoms with Crippen LogP contribution in [0.25, 0.3) is 0 Å². The number of benzene rings is 1. The molecule has 0 aromatic heterocycles. The van der Waals surface area contributed by atoms with Crippen molar-refractivity contribution in [3.63, 3.8) is 0 Å². The van der Waals surface area contributed by atoms with Crippen molar-refractivity contribution in [1.82, 2.24) is 10.6 Å². The fourth-order valence-electron chi connectivity index (χ4n) is 2.93. The van der Waals surface area contributed by atoms with Gasteiger partial charge in [-0.3, -0.25) is 10.1 Å². The lowest BCUT2D eigenvalue weighted by atomic mass is 9.77. The van der Waals surface area contributed by atoms with Crippen LogP contribution in [0.5, 0.6) is 5.75 Å². The van der Waals surface area contributed by atoms with E-state index in [2.05, 4.69) is 10.6 Å². The van der Waals surface area contributed by atoms with Crippen molar-refractivity contribution >= 4 is 11.9 Å². The zero-order valence-electron chi connectivity index (χ0n) is 10.8. The minimum atomic E-state index is -0.769. The number of rotatable bonds is 2. The van der Waals surface area contributed by atoms with Crippen molar-refractivity contribution in [3.8, 4) is 5.75 Å². The summed E-state index contributed by atoms with van der Waals surface area (Å²) in [5.41, 5.74) is 1.47. The molecule has 1 aromatic carbocycles. The lowest BCUT2D eigenvalue weighted by Crippen LogP contribution is -2.51. The Bertz CT molecular complexity index is 556. The summed E-state index contributed by atoms with van der Waals surface area (Å²) in [7, 11) is 0. The summed E-state index contributed by atoms with van der Waals surface area (Å²) in [5.74, 6) is 0.671. The topological polar surface area (TPSA) is 67.4 Å². The number of urea groups is 1. The number of amides is 3. The Morgan fingerprint density at radius 3 is 2.89 bits per heavy atom. The summed E-state index contributed by atoms with van der Waals surface area (Å²) in [6, 6.07) is 5.48. The van der Waals surface area contributed by atoms with Crippen LogP contribution in [-0.2, 0) is 17.6 Å². The molecular weight excluding hydrogens is 244 g/mol. The van der Waals surface area contributed by atoms with Crippen molar-refractivity contribution in [2.24, 2.45) is 0 Å². The molecule has 1 aliphatic heterocycles. The first-order valence-electron chi connectivity index (χ1n) is 6.52. The quantitative estimate of drug-likeness (QED) is 0.784. The normalized spacial score (nSPS) is 24.9. The van der Waals surface area contributed by atoms with Crippen LogP contribution in [0, 0.1) is 0 Å². The maximum absolute atomic E-state index is 12.0. The van der Waals surface area contributed by atoms with Gasteiger partial charge >= 0.3 is 6.03 Å². The largest absolute Gasteiger partial charge is 0.494 e. The Morgan fingerprint density at radius 1 is 1.37 bits per heavy atom. The van der Waals surface area contributed by atoms with Crippen LogP contribution < -0.4 is 15.4 Å². The molecule has 2 N–H and O–H groups in total. The fraction of sp³-hybridized carbons (Fsp3) is 0.429. The van der Waals surface area contributed by atoms with E-state index in [1.165, 1.54) is 0 Å². The zero-order chi connectivity index (χ0) is 13.5. The van der Waals surface area contributed by atoms with Gasteiger partial charge in [0, 0.05) is 6.42 Å². The van der Waals surface area contributed by atoms with Gasteiger partial charge in [-0.1, -0.05) is 12.1 Å². The Balaban J connectivity index is 1.95. The van der Waals surface area contributed by atoms with Crippen LogP contribution in [0.15, 0.2) is 18.2 Å². The Hall–Kier alpha value is -2.04. The van der Waals surface area contributed by atoms with Gasteiger partial charge in [-0.25, -0.2) is 4.79 Å². The van der Waals surface area contributed by atoms with Crippen LogP contribution in [0.1, 0.15) is 24.5 Å². The number of carbonyl (C=O) groups excluding carboxylic acids is 2. The van der Waals surface area contributed by atoms with Crippen molar-refractivity contribution in [1.29, 1.82) is 0 Å². The molecule has 0 saturated carbocycles. The zero-order valence-corrected chi connectivity index (χ0v) is 10.8. The van der Waals surface area contributed by atoms with E-state index in [1.807, 2.05) is 25.1 Å². The van der Waals surface area contributed by atoms with E-state index in [0.29, 0.717) is 19.4 Å². The lowest BCUT2D eigenvalue weighted by molar-refractivity contribution is -0.124. The molecule has 5 nitrogen and oxygen atoms in total. The summed E-state index contributed by atoms with van der Waals surface area (Å²) in [6.07, 6.45) is 1.88. The van der Waals surface area contributed by atoms with E-state index < -0.39 is 11.6 Å². The van der Waals surface area contributed by atoms with E-state index in [0.717, 1.165) is 23.3 Å². The van der Waals surface area contributed by atoms with E-state index >= 15 is 0 Å². The molecule has 0 bridgehead atoms. The van der Waals surface area contributed by atoms with Gasteiger partial charge in [-0.2, -0.15) is 0 Å². The monoisotopic (exact) mass is 260 g/mol. The first-order chi connectivity index (χ1) is 9.14. The summed E-state index contributed by atoms with van der Waals surface area (Å²) in [6.45, 7) is 2.58. The van der Waals surface area contributed by atoms with Gasteiger partial charge in [0.15, 0.2) is 0 Å². The molecule has 3 amide bonds. The van der Waals surface area contributed by atoms with Crippen LogP contribution >= 0.6 is 0 Å². The molecule has 1 heterocycles. The highest BCUT2D eigenvalue weighted by Gasteiger charge is 2.48. The molecule has 0 radical (unpaired) electrons. The number of ether oxygens (including phenoxy) is 1. The van der Waals surface area contributed by atoms with Gasteiger partial charge in [-0.05, 0) is 37.0 Å². The summed E-state index contributed by atoms with van der Waals surface area (Å²) in [5, 5.41) is 5.10. The van der Waals surface area contributed by atoms with Crippen molar-refractivity contribution < 1.29 is 14.3 Å². The molecule has 100 valence electrons. The van der Waals surface area contributed by atoms with Crippen molar-refractivity contribution in [2.45, 2.75) is 31.7 Å². The van der Waals surface area contributed by atoms with Crippen molar-refractivity contribution in [3.05, 3.63) is 29.3 Å². The Kier molecular flexibility index (Phi) is 2.69. The minimum absolute atomic E-state index is 0.218. The second-order valence-corrected chi connectivity index (χ2v) is 4.99. The maximum Gasteiger partial charge on any atom is 0.322 e. The number of nitrogens with one attached hydrogen (secondary N) is 2. The van der Waals surface area contributed by atoms with E-state index in [-0.39, 0.29) is 5.91 Å². The number of imide groups is 1. The molecule has 2 aliphatic rings. The third-order valence-corrected chi connectivity index (χ3v) is 3.84. The van der Waals surface area contributed by atoms with Crippen LogP contribution in [0.3, 0.4) is 0 Å². The second-order valence-electron chi connectivity index (χ2n) is 4.99. The first-order valence-corrected chi connectivity index (χ1v) is 6.52. The van der Waals surface area contributed by atoms with Crippen molar-refractivity contribution in [2.75, 3.05) is 6.61 Å². The number of hydrogen-bond donors (Lipinski definition) is 2. The summed E-state index contributed by atoms with van der Waals surface area (Å²) in [4.78, 5) is 23.3. The predicted octanol–water partition coefficient (Wildman–Crippen LogP) is 1.15. The van der Waals surface area contributed by atoms with Gasteiger partial charge in [-0.15, -0.1) is 0 Å². The maximum atomic E-state index is 12.0. The fourth-order valence-corrected chi connectivity index (χ4v) is 2.93. The minimum Gasteiger partial charge on any atom is -0.494 e. The number of hydrogen-bond acceptors (Lipinski definition) is 3. The van der Waals surface area contributed by atoms with E-state index in [1.54, 1.807) is 0 Å². The Labute approximate surface area is 111 Å². The lowest BCUT2D eigenvalue weighted by Gasteiger charge is -2.32. The average molecular weight is 260 g/mol. The molecule has 1 aromatic rings. The molecule has 1 spiro atoms. The summed E-state index contributed by atoms with van der Waals surface area (Å²) >= 11 is 0. The SMILES string of the molecule is CCOc1cccc2c1CCC1(C2)NC(=O)NC1=O. The van der Waals surface area contributed by atoms with Crippen LogP contribution in [0.4, 0.5) is 4.79 Å². The first kappa shape index (κ1) is 12.0. The third kappa shape index (κ3) is 1.85. The highest BCUT2D eigenvalue weighted by atomic mass is 16.5. The van der Waals surface area contributed by atoms with Gasteiger partial charge in [0.05, 0.1) is 6.61 Å². The van der Waals surface area contributed by atoms with Gasteiger partial charge < -0.3 is 10.1 Å². The molecule has 1 saturated heterocycles. The highest BCUT2D eigenvalue weighted by molar-refractivity contribution is 6.07. The number of carbonyl (C=O) groups is 2. The third-order valence-electron chi connectivity index (χ3n) is 3.84. The number of fused-ring (bicyclic) bond motifs is 1. The van der Waals surface area contributed by atoms with Crippen LogP contribution in [0.2, 0.25) is 0 Å². The molecule has 1 unspecified atom stereocenters.